The Hall–Kier alpha value is -1.42. The number of hydrogen-bond donors (Lipinski definition) is 2. The van der Waals surface area contributed by atoms with Gasteiger partial charge in [0.1, 0.15) is 5.82 Å². The summed E-state index contributed by atoms with van der Waals surface area (Å²) in [6.07, 6.45) is 4.32. The molecule has 1 fully saturated rings. The summed E-state index contributed by atoms with van der Waals surface area (Å²) >= 11 is 0. The number of anilines is 1. The summed E-state index contributed by atoms with van der Waals surface area (Å²) in [6.45, 7) is 1.98. The van der Waals surface area contributed by atoms with Crippen molar-refractivity contribution in [1.29, 1.82) is 0 Å². The van der Waals surface area contributed by atoms with Crippen molar-refractivity contribution in [2.24, 2.45) is 11.7 Å². The average Bonchev–Trinajstić information content (AvgIpc) is 2.65. The van der Waals surface area contributed by atoms with Gasteiger partial charge in [0.25, 0.3) is 0 Å². The monoisotopic (exact) mass is 219 g/mol. The third kappa shape index (κ3) is 2.58. The molecule has 0 radical (unpaired) electrons. The quantitative estimate of drug-likeness (QED) is 0.791. The fraction of sp³-hybridized carbons (Fsp3) is 0.500. The Morgan fingerprint density at radius 1 is 1.56 bits per heavy atom. The second kappa shape index (κ2) is 4.61. The second-order valence-corrected chi connectivity index (χ2v) is 4.48. The zero-order chi connectivity index (χ0) is 11.5. The van der Waals surface area contributed by atoms with Gasteiger partial charge >= 0.3 is 0 Å². The first-order valence-electron chi connectivity index (χ1n) is 5.64. The van der Waals surface area contributed by atoms with Gasteiger partial charge in [-0.25, -0.2) is 4.98 Å². The van der Waals surface area contributed by atoms with Gasteiger partial charge in [0.15, 0.2) is 0 Å². The number of nitrogens with two attached hydrogens (primary N) is 1. The Balaban J connectivity index is 1.97. The van der Waals surface area contributed by atoms with E-state index in [1.807, 2.05) is 19.1 Å². The molecule has 1 saturated carbocycles. The zero-order valence-electron chi connectivity index (χ0n) is 9.44. The number of carbonyl (C=O) groups excluding carboxylic acids is 1. The van der Waals surface area contributed by atoms with Gasteiger partial charge in [-0.15, -0.1) is 0 Å². The predicted molar refractivity (Wildman–Crippen MR) is 62.9 cm³/mol. The molecule has 2 rings (SSSR count). The Bertz CT molecular complexity index is 392. The van der Waals surface area contributed by atoms with E-state index in [0.29, 0.717) is 5.82 Å². The molecule has 1 heterocycles. The molecule has 0 saturated heterocycles. The maximum atomic E-state index is 11.9. The van der Waals surface area contributed by atoms with E-state index in [1.54, 1.807) is 6.20 Å². The molecule has 1 aromatic heterocycles. The highest BCUT2D eigenvalue weighted by Gasteiger charge is 2.27. The van der Waals surface area contributed by atoms with Crippen molar-refractivity contribution in [1.82, 2.24) is 4.98 Å². The van der Waals surface area contributed by atoms with E-state index in [4.69, 9.17) is 5.73 Å². The number of aryl methyl sites for hydroxylation is 1. The molecule has 86 valence electrons. The zero-order valence-corrected chi connectivity index (χ0v) is 9.44. The van der Waals surface area contributed by atoms with E-state index in [2.05, 4.69) is 10.3 Å². The standard InChI is InChI=1S/C12H17N3O/c1-8-4-5-14-11(6-8)15-12(16)9-2-3-10(13)7-9/h4-6,9-10H,2-3,7,13H2,1H3,(H,14,15,16). The molecular weight excluding hydrogens is 202 g/mol. The van der Waals surface area contributed by atoms with Crippen molar-refractivity contribution in [3.05, 3.63) is 23.9 Å². The minimum atomic E-state index is 0.0473. The molecule has 1 aromatic rings. The first-order chi connectivity index (χ1) is 7.65. The lowest BCUT2D eigenvalue weighted by atomic mass is 10.1. The molecule has 2 atom stereocenters. The Morgan fingerprint density at radius 2 is 2.38 bits per heavy atom. The van der Waals surface area contributed by atoms with E-state index in [0.717, 1.165) is 24.8 Å². The van der Waals surface area contributed by atoms with Gasteiger partial charge < -0.3 is 11.1 Å². The molecule has 0 spiro atoms. The van der Waals surface area contributed by atoms with Crippen LogP contribution < -0.4 is 11.1 Å². The average molecular weight is 219 g/mol. The number of amides is 1. The molecule has 1 amide bonds. The summed E-state index contributed by atoms with van der Waals surface area (Å²) in [6, 6.07) is 3.95. The lowest BCUT2D eigenvalue weighted by Gasteiger charge is -2.10. The Morgan fingerprint density at radius 3 is 3.00 bits per heavy atom. The molecule has 0 bridgehead atoms. The summed E-state index contributed by atoms with van der Waals surface area (Å²) in [5.74, 6) is 0.730. The van der Waals surface area contributed by atoms with Crippen molar-refractivity contribution < 1.29 is 4.79 Å². The van der Waals surface area contributed by atoms with Gasteiger partial charge in [-0.3, -0.25) is 4.79 Å². The van der Waals surface area contributed by atoms with Crippen LogP contribution in [-0.2, 0) is 4.79 Å². The van der Waals surface area contributed by atoms with Crippen molar-refractivity contribution >= 4 is 11.7 Å². The number of aromatic nitrogens is 1. The Kier molecular flexibility index (Phi) is 3.19. The summed E-state index contributed by atoms with van der Waals surface area (Å²) < 4.78 is 0. The molecule has 1 aliphatic carbocycles. The molecule has 3 N–H and O–H groups in total. The van der Waals surface area contributed by atoms with Crippen LogP contribution in [0.5, 0.6) is 0 Å². The highest BCUT2D eigenvalue weighted by atomic mass is 16.1. The van der Waals surface area contributed by atoms with Crippen molar-refractivity contribution in [2.45, 2.75) is 32.2 Å². The van der Waals surface area contributed by atoms with Gasteiger partial charge in [0.2, 0.25) is 5.91 Å². The predicted octanol–water partition coefficient (Wildman–Crippen LogP) is 1.46. The molecule has 1 aliphatic rings. The summed E-state index contributed by atoms with van der Waals surface area (Å²) in [5.41, 5.74) is 6.88. The minimum Gasteiger partial charge on any atom is -0.328 e. The van der Waals surface area contributed by atoms with Crippen molar-refractivity contribution in [2.75, 3.05) is 5.32 Å². The van der Waals surface area contributed by atoms with Crippen LogP contribution in [-0.4, -0.2) is 16.9 Å². The van der Waals surface area contributed by atoms with E-state index >= 15 is 0 Å². The molecule has 0 aromatic carbocycles. The number of rotatable bonds is 2. The summed E-state index contributed by atoms with van der Waals surface area (Å²) in [4.78, 5) is 16.0. The number of nitrogens with zero attached hydrogens (tertiary/aromatic N) is 1. The normalized spacial score (nSPS) is 24.4. The minimum absolute atomic E-state index is 0.0473. The van der Waals surface area contributed by atoms with Crippen LogP contribution >= 0.6 is 0 Å². The van der Waals surface area contributed by atoms with Crippen LogP contribution in [0.2, 0.25) is 0 Å². The molecule has 16 heavy (non-hydrogen) atoms. The SMILES string of the molecule is Cc1ccnc(NC(=O)C2CCC(N)C2)c1. The van der Waals surface area contributed by atoms with Crippen molar-refractivity contribution in [3.63, 3.8) is 0 Å². The van der Waals surface area contributed by atoms with E-state index in [1.165, 1.54) is 0 Å². The first-order valence-corrected chi connectivity index (χ1v) is 5.64. The molecule has 4 nitrogen and oxygen atoms in total. The highest BCUT2D eigenvalue weighted by molar-refractivity contribution is 5.91. The number of nitrogens with one attached hydrogen (secondary N) is 1. The van der Waals surface area contributed by atoms with E-state index in [9.17, 15) is 4.79 Å². The lowest BCUT2D eigenvalue weighted by molar-refractivity contribution is -0.119. The fourth-order valence-electron chi connectivity index (χ4n) is 2.09. The maximum Gasteiger partial charge on any atom is 0.228 e. The van der Waals surface area contributed by atoms with E-state index < -0.39 is 0 Å². The molecule has 4 heteroatoms. The molecule has 0 aliphatic heterocycles. The maximum absolute atomic E-state index is 11.9. The first kappa shape index (κ1) is 11.1. The van der Waals surface area contributed by atoms with Crippen LogP contribution in [0, 0.1) is 12.8 Å². The number of pyridine rings is 1. The van der Waals surface area contributed by atoms with Gasteiger partial charge in [-0.2, -0.15) is 0 Å². The number of carbonyl (C=O) groups is 1. The van der Waals surface area contributed by atoms with Crippen molar-refractivity contribution in [3.8, 4) is 0 Å². The van der Waals surface area contributed by atoms with Crippen LogP contribution in [0.4, 0.5) is 5.82 Å². The highest BCUT2D eigenvalue weighted by Crippen LogP contribution is 2.25. The largest absolute Gasteiger partial charge is 0.328 e. The third-order valence-electron chi connectivity index (χ3n) is 3.01. The topological polar surface area (TPSA) is 68.0 Å². The van der Waals surface area contributed by atoms with Crippen LogP contribution in [0.25, 0.3) is 0 Å². The van der Waals surface area contributed by atoms with Crippen LogP contribution in [0.1, 0.15) is 24.8 Å². The molecular formula is C12H17N3O. The van der Waals surface area contributed by atoms with Crippen LogP contribution in [0.15, 0.2) is 18.3 Å². The van der Waals surface area contributed by atoms with Gasteiger partial charge in [0.05, 0.1) is 0 Å². The van der Waals surface area contributed by atoms with Gasteiger partial charge in [-0.1, -0.05) is 0 Å². The van der Waals surface area contributed by atoms with Crippen LogP contribution in [0.3, 0.4) is 0 Å². The number of hydrogen-bond acceptors (Lipinski definition) is 3. The summed E-state index contributed by atoms with van der Waals surface area (Å²) in [7, 11) is 0. The summed E-state index contributed by atoms with van der Waals surface area (Å²) in [5, 5.41) is 2.84. The second-order valence-electron chi connectivity index (χ2n) is 4.48. The van der Waals surface area contributed by atoms with Gasteiger partial charge in [-0.05, 0) is 43.9 Å². The molecule has 2 unspecified atom stereocenters. The fourth-order valence-corrected chi connectivity index (χ4v) is 2.09. The third-order valence-corrected chi connectivity index (χ3v) is 3.01. The lowest BCUT2D eigenvalue weighted by Crippen LogP contribution is -2.23. The van der Waals surface area contributed by atoms with E-state index in [-0.39, 0.29) is 17.9 Å². The smallest absolute Gasteiger partial charge is 0.228 e. The van der Waals surface area contributed by atoms with Gasteiger partial charge in [0, 0.05) is 18.2 Å². The Labute approximate surface area is 95.3 Å².